The van der Waals surface area contributed by atoms with Crippen molar-refractivity contribution in [2.45, 2.75) is 39.2 Å². The van der Waals surface area contributed by atoms with Crippen LogP contribution in [0.15, 0.2) is 0 Å². The lowest BCUT2D eigenvalue weighted by Crippen LogP contribution is -2.58. The fourth-order valence-corrected chi connectivity index (χ4v) is 1.83. The van der Waals surface area contributed by atoms with Crippen LogP contribution in [0.25, 0.3) is 0 Å². The predicted molar refractivity (Wildman–Crippen MR) is 58.2 cm³/mol. The molecule has 0 N–H and O–H groups in total. The van der Waals surface area contributed by atoms with E-state index in [1.54, 1.807) is 0 Å². The van der Waals surface area contributed by atoms with Crippen molar-refractivity contribution in [1.82, 2.24) is 9.80 Å². The Labute approximate surface area is 87.1 Å². The van der Waals surface area contributed by atoms with E-state index in [-0.39, 0.29) is 5.54 Å². The maximum absolute atomic E-state index is 11.7. The van der Waals surface area contributed by atoms with Gasteiger partial charge in [-0.2, -0.15) is 0 Å². The molecule has 1 heterocycles. The Morgan fingerprint density at radius 1 is 1.36 bits per heavy atom. The topological polar surface area (TPSA) is 23.6 Å². The molecule has 0 spiro atoms. The molecule has 3 nitrogen and oxygen atoms in total. The van der Waals surface area contributed by atoms with E-state index in [0.29, 0.717) is 12.3 Å². The third kappa shape index (κ3) is 2.47. The number of amides is 1. The molecule has 82 valence electrons. The first-order valence-electron chi connectivity index (χ1n) is 5.46. The van der Waals surface area contributed by atoms with E-state index in [1.807, 2.05) is 4.90 Å². The number of likely N-dealkylation sites (N-methyl/N-ethyl adjacent to an activating group) is 1. The normalized spacial score (nSPS) is 22.4. The second-order valence-electron chi connectivity index (χ2n) is 4.80. The summed E-state index contributed by atoms with van der Waals surface area (Å²) in [4.78, 5) is 16.0. The van der Waals surface area contributed by atoms with Crippen LogP contribution < -0.4 is 0 Å². The molecule has 0 atom stereocenters. The van der Waals surface area contributed by atoms with Crippen LogP contribution in [0.5, 0.6) is 0 Å². The molecule has 1 rings (SSSR count). The molecular formula is C11H22N2O. The van der Waals surface area contributed by atoms with Crippen LogP contribution in [-0.2, 0) is 4.79 Å². The van der Waals surface area contributed by atoms with Gasteiger partial charge in [0.2, 0.25) is 5.91 Å². The summed E-state index contributed by atoms with van der Waals surface area (Å²) in [5.74, 6) is 0.314. The van der Waals surface area contributed by atoms with E-state index in [0.717, 1.165) is 26.1 Å². The molecule has 0 aliphatic carbocycles. The third-order valence-electron chi connectivity index (χ3n) is 3.13. The molecule has 14 heavy (non-hydrogen) atoms. The van der Waals surface area contributed by atoms with Gasteiger partial charge in [0.1, 0.15) is 0 Å². The van der Waals surface area contributed by atoms with Crippen LogP contribution in [0.4, 0.5) is 0 Å². The average molecular weight is 198 g/mol. The fourth-order valence-electron chi connectivity index (χ4n) is 1.83. The van der Waals surface area contributed by atoms with Crippen molar-refractivity contribution in [2.24, 2.45) is 0 Å². The maximum atomic E-state index is 11.7. The third-order valence-corrected chi connectivity index (χ3v) is 3.13. The molecule has 0 bridgehead atoms. The van der Waals surface area contributed by atoms with E-state index in [1.165, 1.54) is 0 Å². The molecule has 0 aromatic heterocycles. The van der Waals surface area contributed by atoms with Crippen molar-refractivity contribution < 1.29 is 4.79 Å². The van der Waals surface area contributed by atoms with E-state index in [9.17, 15) is 4.79 Å². The Morgan fingerprint density at radius 2 is 2.00 bits per heavy atom. The minimum absolute atomic E-state index is 0.127. The van der Waals surface area contributed by atoms with Crippen LogP contribution in [0.2, 0.25) is 0 Å². The van der Waals surface area contributed by atoms with Gasteiger partial charge < -0.3 is 4.90 Å². The van der Waals surface area contributed by atoms with Crippen molar-refractivity contribution in [3.63, 3.8) is 0 Å². The highest BCUT2D eigenvalue weighted by atomic mass is 16.2. The van der Waals surface area contributed by atoms with Gasteiger partial charge in [-0.05, 0) is 27.3 Å². The lowest BCUT2D eigenvalue weighted by atomic mass is 9.99. The minimum atomic E-state index is 0.127. The van der Waals surface area contributed by atoms with E-state index >= 15 is 0 Å². The van der Waals surface area contributed by atoms with Gasteiger partial charge in [0.15, 0.2) is 0 Å². The van der Waals surface area contributed by atoms with Crippen LogP contribution in [-0.4, -0.2) is 47.9 Å². The van der Waals surface area contributed by atoms with Crippen molar-refractivity contribution >= 4 is 5.91 Å². The van der Waals surface area contributed by atoms with Crippen molar-refractivity contribution in [1.29, 1.82) is 0 Å². The molecule has 0 unspecified atom stereocenters. The van der Waals surface area contributed by atoms with Gasteiger partial charge in [-0.1, -0.05) is 6.92 Å². The zero-order chi connectivity index (χ0) is 10.8. The molecule has 1 fully saturated rings. The highest BCUT2D eigenvalue weighted by Crippen LogP contribution is 2.19. The van der Waals surface area contributed by atoms with Crippen molar-refractivity contribution in [3.8, 4) is 0 Å². The molecule has 0 aromatic carbocycles. The zero-order valence-electron chi connectivity index (χ0n) is 9.84. The molecule has 1 amide bonds. The summed E-state index contributed by atoms with van der Waals surface area (Å²) in [6, 6.07) is 0. The summed E-state index contributed by atoms with van der Waals surface area (Å²) >= 11 is 0. The van der Waals surface area contributed by atoms with Gasteiger partial charge in [-0.3, -0.25) is 9.69 Å². The Hall–Kier alpha value is -0.570. The van der Waals surface area contributed by atoms with Crippen LogP contribution in [0.1, 0.15) is 33.6 Å². The fraction of sp³-hybridized carbons (Fsp3) is 0.909. The Balaban J connectivity index is 2.55. The molecule has 0 aromatic rings. The maximum Gasteiger partial charge on any atom is 0.222 e. The Morgan fingerprint density at radius 3 is 2.50 bits per heavy atom. The summed E-state index contributed by atoms with van der Waals surface area (Å²) in [5, 5.41) is 0. The standard InChI is InChI=1S/C11H22N2O/c1-5-6-10(14)13-8-7-12(4)11(2,3)9-13/h5-9H2,1-4H3. The molecule has 0 saturated carbocycles. The van der Waals surface area contributed by atoms with Crippen LogP contribution >= 0.6 is 0 Å². The monoisotopic (exact) mass is 198 g/mol. The van der Waals surface area contributed by atoms with Crippen molar-refractivity contribution in [2.75, 3.05) is 26.7 Å². The SMILES string of the molecule is CCCC(=O)N1CCN(C)C(C)(C)C1. The second-order valence-corrected chi connectivity index (χ2v) is 4.80. The van der Waals surface area contributed by atoms with Gasteiger partial charge in [0.25, 0.3) is 0 Å². The number of hydrogen-bond donors (Lipinski definition) is 0. The molecule has 1 saturated heterocycles. The summed E-state index contributed by atoms with van der Waals surface area (Å²) < 4.78 is 0. The zero-order valence-corrected chi connectivity index (χ0v) is 9.84. The number of piperazine rings is 1. The number of carbonyl (C=O) groups excluding carboxylic acids is 1. The highest BCUT2D eigenvalue weighted by molar-refractivity contribution is 5.76. The van der Waals surface area contributed by atoms with Crippen molar-refractivity contribution in [3.05, 3.63) is 0 Å². The number of rotatable bonds is 2. The van der Waals surface area contributed by atoms with Crippen LogP contribution in [0.3, 0.4) is 0 Å². The highest BCUT2D eigenvalue weighted by Gasteiger charge is 2.32. The van der Waals surface area contributed by atoms with E-state index in [4.69, 9.17) is 0 Å². The van der Waals surface area contributed by atoms with E-state index in [2.05, 4.69) is 32.7 Å². The van der Waals surface area contributed by atoms with Gasteiger partial charge in [0, 0.05) is 31.6 Å². The number of hydrogen-bond acceptors (Lipinski definition) is 2. The summed E-state index contributed by atoms with van der Waals surface area (Å²) in [6.07, 6.45) is 1.64. The first-order chi connectivity index (χ1) is 6.47. The summed E-state index contributed by atoms with van der Waals surface area (Å²) in [6.45, 7) is 9.18. The van der Waals surface area contributed by atoms with E-state index < -0.39 is 0 Å². The quantitative estimate of drug-likeness (QED) is 0.668. The molecule has 1 aliphatic rings. The Kier molecular flexibility index (Phi) is 3.53. The summed E-state index contributed by atoms with van der Waals surface area (Å²) in [7, 11) is 2.13. The second kappa shape index (κ2) is 4.30. The van der Waals surface area contributed by atoms with Crippen LogP contribution in [0, 0.1) is 0 Å². The number of nitrogens with zero attached hydrogens (tertiary/aromatic N) is 2. The lowest BCUT2D eigenvalue weighted by molar-refractivity contribution is -0.135. The minimum Gasteiger partial charge on any atom is -0.340 e. The molecule has 0 radical (unpaired) electrons. The largest absolute Gasteiger partial charge is 0.340 e. The van der Waals surface area contributed by atoms with Gasteiger partial charge in [-0.15, -0.1) is 0 Å². The first kappa shape index (κ1) is 11.5. The molecular weight excluding hydrogens is 176 g/mol. The van der Waals surface area contributed by atoms with Gasteiger partial charge in [0.05, 0.1) is 0 Å². The lowest BCUT2D eigenvalue weighted by Gasteiger charge is -2.45. The molecule has 3 heteroatoms. The Bertz CT molecular complexity index is 213. The smallest absolute Gasteiger partial charge is 0.222 e. The van der Waals surface area contributed by atoms with Gasteiger partial charge in [-0.25, -0.2) is 0 Å². The predicted octanol–water partition coefficient (Wildman–Crippen LogP) is 1.34. The number of carbonyl (C=O) groups is 1. The molecule has 1 aliphatic heterocycles. The average Bonchev–Trinajstić information content (AvgIpc) is 2.10. The first-order valence-corrected chi connectivity index (χ1v) is 5.46. The van der Waals surface area contributed by atoms with Gasteiger partial charge >= 0.3 is 0 Å². The summed E-state index contributed by atoms with van der Waals surface area (Å²) in [5.41, 5.74) is 0.127.